The van der Waals surface area contributed by atoms with Gasteiger partial charge in [-0.25, -0.2) is 0 Å². The number of nitrogens with zero attached hydrogens (tertiary/aromatic N) is 5. The van der Waals surface area contributed by atoms with Crippen LogP contribution in [0, 0.1) is 0 Å². The highest BCUT2D eigenvalue weighted by atomic mass is 16.5. The Morgan fingerprint density at radius 3 is 2.52 bits per heavy atom. The molecular formula is C34H42N6O4. The van der Waals surface area contributed by atoms with E-state index in [1.165, 1.54) is 17.8 Å². The number of para-hydroxylation sites is 1. The van der Waals surface area contributed by atoms with Gasteiger partial charge in [-0.3, -0.25) is 24.6 Å². The fourth-order valence-corrected chi connectivity index (χ4v) is 8.59. The summed E-state index contributed by atoms with van der Waals surface area (Å²) in [4.78, 5) is 49.2. The number of ether oxygens (including phenoxy) is 1. The van der Waals surface area contributed by atoms with Gasteiger partial charge < -0.3 is 24.3 Å². The predicted octanol–water partition coefficient (Wildman–Crippen LogP) is 2.61. The summed E-state index contributed by atoms with van der Waals surface area (Å²) in [5.74, 6) is -0.742. The number of piperidine rings is 2. The smallest absolute Gasteiger partial charge is 0.255 e. The van der Waals surface area contributed by atoms with Crippen LogP contribution in [0.25, 0.3) is 0 Å². The molecule has 4 fully saturated rings. The molecule has 0 bridgehead atoms. The summed E-state index contributed by atoms with van der Waals surface area (Å²) >= 11 is 0. The number of carbonyl (C=O) groups is 3. The van der Waals surface area contributed by atoms with Gasteiger partial charge in [0.05, 0.1) is 29.1 Å². The molecule has 2 aromatic rings. The number of benzene rings is 2. The first kappa shape index (κ1) is 27.9. The average Bonchev–Trinajstić information content (AvgIpc) is 3.56. The first-order valence-corrected chi connectivity index (χ1v) is 16.4. The minimum atomic E-state index is -0.591. The Labute approximate surface area is 258 Å². The van der Waals surface area contributed by atoms with Gasteiger partial charge in [0.25, 0.3) is 5.91 Å². The second-order valence-electron chi connectivity index (χ2n) is 13.7. The van der Waals surface area contributed by atoms with E-state index in [0.717, 1.165) is 76.3 Å². The summed E-state index contributed by atoms with van der Waals surface area (Å²) in [5, 5.41) is 2.40. The minimum absolute atomic E-state index is 0.0429. The van der Waals surface area contributed by atoms with Crippen molar-refractivity contribution >= 4 is 34.8 Å². The average molecular weight is 599 g/mol. The lowest BCUT2D eigenvalue weighted by Gasteiger charge is -2.49. The molecule has 3 amide bonds. The zero-order chi connectivity index (χ0) is 30.0. The van der Waals surface area contributed by atoms with Crippen molar-refractivity contribution in [2.24, 2.45) is 0 Å². The lowest BCUT2D eigenvalue weighted by atomic mass is 9.88. The van der Waals surface area contributed by atoms with E-state index in [4.69, 9.17) is 4.74 Å². The van der Waals surface area contributed by atoms with E-state index in [9.17, 15) is 14.4 Å². The third kappa shape index (κ3) is 4.83. The molecule has 10 heteroatoms. The number of anilines is 3. The largest absolute Gasteiger partial charge is 0.371 e. The number of likely N-dealkylation sites (N-methyl/N-ethyl adjacent to an activating group) is 1. The standard InChI is InChI=1S/C34H42N6O4/c1-36-20-25-21-37(22-26-9-10-34(44-26)11-13-38(14-12-34)24-5-3-2-4-6-24)15-16-39(25)30-17-23-19-40(33(43)27(23)18-29(30)36)28-7-8-31(41)35-32(28)42/h2-6,17-18,25-26,28H,7-16,19-22H2,1H3,(H,35,41,42). The van der Waals surface area contributed by atoms with Gasteiger partial charge in [-0.1, -0.05) is 18.2 Å². The van der Waals surface area contributed by atoms with Gasteiger partial charge in [-0.05, 0) is 61.9 Å². The van der Waals surface area contributed by atoms with Gasteiger partial charge in [-0.2, -0.15) is 0 Å². The number of hydrogen-bond donors (Lipinski definition) is 1. The highest BCUT2D eigenvalue weighted by Crippen LogP contribution is 2.43. The normalized spacial score (nSPS) is 28.3. The molecule has 0 aliphatic carbocycles. The van der Waals surface area contributed by atoms with Crippen molar-refractivity contribution in [3.63, 3.8) is 0 Å². The van der Waals surface area contributed by atoms with Crippen molar-refractivity contribution in [3.05, 3.63) is 53.6 Å². The van der Waals surface area contributed by atoms with Crippen LogP contribution in [0.1, 0.15) is 54.4 Å². The van der Waals surface area contributed by atoms with Crippen LogP contribution in [-0.4, -0.2) is 104 Å². The Hall–Kier alpha value is -3.63. The highest BCUT2D eigenvalue weighted by molar-refractivity contribution is 6.06. The van der Waals surface area contributed by atoms with Crippen molar-refractivity contribution in [1.82, 2.24) is 15.1 Å². The zero-order valence-corrected chi connectivity index (χ0v) is 25.5. The topological polar surface area (TPSA) is 88.7 Å². The summed E-state index contributed by atoms with van der Waals surface area (Å²) in [5.41, 5.74) is 5.27. The second kappa shape index (κ2) is 10.8. The van der Waals surface area contributed by atoms with E-state index in [-0.39, 0.29) is 29.7 Å². The summed E-state index contributed by atoms with van der Waals surface area (Å²) in [7, 11) is 2.12. The Morgan fingerprint density at radius 1 is 0.909 bits per heavy atom. The Bertz CT molecular complexity index is 1470. The van der Waals surface area contributed by atoms with Gasteiger partial charge in [0.15, 0.2) is 0 Å². The molecule has 3 unspecified atom stereocenters. The number of rotatable bonds is 4. The molecule has 1 spiro atoms. The molecule has 4 saturated heterocycles. The Balaban J connectivity index is 0.904. The fourth-order valence-electron chi connectivity index (χ4n) is 8.59. The zero-order valence-electron chi connectivity index (χ0n) is 25.5. The maximum absolute atomic E-state index is 13.4. The SMILES string of the molecule is CN1CC2CN(CC3CCC4(CCN(c5ccccc5)CC4)O3)CCN2c2cc3c(cc21)C(=O)N(C1CCC(=O)NC1=O)C3. The quantitative estimate of drug-likeness (QED) is 0.538. The molecule has 0 saturated carbocycles. The van der Waals surface area contributed by atoms with Crippen LogP contribution < -0.4 is 20.0 Å². The van der Waals surface area contributed by atoms with E-state index in [0.29, 0.717) is 30.7 Å². The molecule has 1 N–H and O–H groups in total. The second-order valence-corrected chi connectivity index (χ2v) is 13.7. The van der Waals surface area contributed by atoms with E-state index in [1.54, 1.807) is 4.90 Å². The predicted molar refractivity (Wildman–Crippen MR) is 168 cm³/mol. The van der Waals surface area contributed by atoms with Crippen LogP contribution in [-0.2, 0) is 20.9 Å². The van der Waals surface area contributed by atoms with Crippen LogP contribution >= 0.6 is 0 Å². The van der Waals surface area contributed by atoms with Gasteiger partial charge >= 0.3 is 0 Å². The van der Waals surface area contributed by atoms with Crippen molar-refractivity contribution in [2.75, 3.05) is 67.6 Å². The molecule has 2 aromatic carbocycles. The van der Waals surface area contributed by atoms with Gasteiger partial charge in [0.2, 0.25) is 11.8 Å². The number of nitrogens with one attached hydrogen (secondary N) is 1. The maximum Gasteiger partial charge on any atom is 0.255 e. The molecule has 8 rings (SSSR count). The molecule has 3 atom stereocenters. The number of piperazine rings is 1. The third-order valence-electron chi connectivity index (χ3n) is 11.0. The fraction of sp³-hybridized carbons (Fsp3) is 0.559. The monoisotopic (exact) mass is 598 g/mol. The van der Waals surface area contributed by atoms with Crippen molar-refractivity contribution in [1.29, 1.82) is 0 Å². The molecule has 10 nitrogen and oxygen atoms in total. The van der Waals surface area contributed by atoms with Crippen molar-refractivity contribution < 1.29 is 19.1 Å². The maximum atomic E-state index is 13.4. The highest BCUT2D eigenvalue weighted by Gasteiger charge is 2.45. The molecule has 6 aliphatic heterocycles. The lowest BCUT2D eigenvalue weighted by molar-refractivity contribution is -0.136. The molecule has 44 heavy (non-hydrogen) atoms. The molecule has 6 aliphatic rings. The van der Waals surface area contributed by atoms with Gasteiger partial charge in [0, 0.05) is 77.1 Å². The molecular weight excluding hydrogens is 556 g/mol. The number of amides is 3. The Kier molecular flexibility index (Phi) is 6.82. The number of imide groups is 1. The first-order valence-electron chi connectivity index (χ1n) is 16.4. The van der Waals surface area contributed by atoms with Crippen LogP contribution in [0.4, 0.5) is 17.1 Å². The van der Waals surface area contributed by atoms with E-state index in [1.807, 2.05) is 6.07 Å². The summed E-state index contributed by atoms with van der Waals surface area (Å²) < 4.78 is 6.85. The van der Waals surface area contributed by atoms with Gasteiger partial charge in [0.1, 0.15) is 6.04 Å². The molecule has 6 heterocycles. The van der Waals surface area contributed by atoms with Gasteiger partial charge in [-0.15, -0.1) is 0 Å². The Morgan fingerprint density at radius 2 is 1.73 bits per heavy atom. The van der Waals surface area contributed by atoms with Crippen LogP contribution in [0.3, 0.4) is 0 Å². The van der Waals surface area contributed by atoms with Crippen LogP contribution in [0.15, 0.2) is 42.5 Å². The van der Waals surface area contributed by atoms with Crippen LogP contribution in [0.5, 0.6) is 0 Å². The minimum Gasteiger partial charge on any atom is -0.371 e. The number of carbonyl (C=O) groups excluding carboxylic acids is 3. The molecule has 232 valence electrons. The lowest BCUT2D eigenvalue weighted by Crippen LogP contribution is -2.60. The molecule has 0 radical (unpaired) electrons. The summed E-state index contributed by atoms with van der Waals surface area (Å²) in [6, 6.07) is 14.7. The summed E-state index contributed by atoms with van der Waals surface area (Å²) in [6.45, 7) is 7.35. The number of hydrogen-bond acceptors (Lipinski definition) is 8. The van der Waals surface area contributed by atoms with E-state index < -0.39 is 6.04 Å². The number of fused-ring (bicyclic) bond motifs is 4. The third-order valence-corrected chi connectivity index (χ3v) is 11.0. The first-order chi connectivity index (χ1) is 21.4. The molecule has 0 aromatic heterocycles. The van der Waals surface area contributed by atoms with E-state index >= 15 is 0 Å². The summed E-state index contributed by atoms with van der Waals surface area (Å²) in [6.07, 6.45) is 5.45. The van der Waals surface area contributed by atoms with Crippen molar-refractivity contribution in [2.45, 2.75) is 68.9 Å². The van der Waals surface area contributed by atoms with Crippen LogP contribution in [0.2, 0.25) is 0 Å². The van der Waals surface area contributed by atoms with E-state index in [2.05, 4.69) is 68.4 Å². The van der Waals surface area contributed by atoms with Crippen molar-refractivity contribution in [3.8, 4) is 0 Å².